The van der Waals surface area contributed by atoms with Crippen LogP contribution in [0.4, 0.5) is 0 Å². The molecule has 1 nitrogen and oxygen atoms in total. The third kappa shape index (κ3) is 1.87. The summed E-state index contributed by atoms with van der Waals surface area (Å²) >= 11 is 0. The van der Waals surface area contributed by atoms with Crippen LogP contribution in [-0.2, 0) is 6.42 Å². The molecule has 1 unspecified atom stereocenters. The van der Waals surface area contributed by atoms with Gasteiger partial charge in [-0.2, -0.15) is 0 Å². The summed E-state index contributed by atoms with van der Waals surface area (Å²) in [5.74, 6) is 0. The molecule has 0 fully saturated rings. The molecular formula is C17H16O. The lowest BCUT2D eigenvalue weighted by molar-refractivity contribution is 0.222. The van der Waals surface area contributed by atoms with Gasteiger partial charge in [-0.25, -0.2) is 0 Å². The molecule has 0 saturated heterocycles. The lowest BCUT2D eigenvalue weighted by Gasteiger charge is -2.07. The Bertz CT molecular complexity index is 611. The van der Waals surface area contributed by atoms with Crippen molar-refractivity contribution < 1.29 is 5.11 Å². The van der Waals surface area contributed by atoms with Crippen molar-refractivity contribution in [3.63, 3.8) is 0 Å². The fourth-order valence-corrected chi connectivity index (χ4v) is 2.56. The van der Waals surface area contributed by atoms with Crippen molar-refractivity contribution >= 4 is 6.08 Å². The van der Waals surface area contributed by atoms with Gasteiger partial charge in [0.2, 0.25) is 0 Å². The maximum Gasteiger partial charge on any atom is 0.101 e. The summed E-state index contributed by atoms with van der Waals surface area (Å²) < 4.78 is 0. The summed E-state index contributed by atoms with van der Waals surface area (Å²) in [6.45, 7) is 2.10. The van der Waals surface area contributed by atoms with E-state index in [0.717, 1.165) is 17.6 Å². The maximum atomic E-state index is 10.3. The summed E-state index contributed by atoms with van der Waals surface area (Å²) in [5, 5.41) is 10.3. The van der Waals surface area contributed by atoms with Crippen LogP contribution in [-0.4, -0.2) is 5.11 Å². The molecule has 1 atom stereocenters. The molecule has 0 bridgehead atoms. The largest absolute Gasteiger partial charge is 0.384 e. The van der Waals surface area contributed by atoms with E-state index in [1.165, 1.54) is 16.7 Å². The molecule has 0 spiro atoms. The molecule has 0 amide bonds. The first kappa shape index (κ1) is 11.2. The SMILES string of the molecule is Cc1ccccc1/C=C1\Cc2ccccc2C1O. The van der Waals surface area contributed by atoms with Gasteiger partial charge in [0, 0.05) is 0 Å². The first-order valence-electron chi connectivity index (χ1n) is 6.27. The van der Waals surface area contributed by atoms with Gasteiger partial charge in [0.1, 0.15) is 6.10 Å². The average Bonchev–Trinajstić information content (AvgIpc) is 2.70. The van der Waals surface area contributed by atoms with E-state index in [1.807, 2.05) is 30.3 Å². The minimum atomic E-state index is -0.444. The summed E-state index contributed by atoms with van der Waals surface area (Å²) in [4.78, 5) is 0. The van der Waals surface area contributed by atoms with Crippen molar-refractivity contribution in [3.05, 3.63) is 76.4 Å². The molecule has 1 aliphatic carbocycles. The second-order valence-corrected chi connectivity index (χ2v) is 4.85. The van der Waals surface area contributed by atoms with Crippen molar-refractivity contribution in [2.45, 2.75) is 19.4 Å². The fourth-order valence-electron chi connectivity index (χ4n) is 2.56. The van der Waals surface area contributed by atoms with E-state index in [2.05, 4.69) is 31.2 Å². The van der Waals surface area contributed by atoms with Crippen molar-refractivity contribution in [3.8, 4) is 0 Å². The van der Waals surface area contributed by atoms with Gasteiger partial charge >= 0.3 is 0 Å². The van der Waals surface area contributed by atoms with E-state index in [4.69, 9.17) is 0 Å². The van der Waals surface area contributed by atoms with Crippen LogP contribution < -0.4 is 0 Å². The second kappa shape index (κ2) is 4.43. The molecule has 0 aliphatic heterocycles. The monoisotopic (exact) mass is 236 g/mol. The van der Waals surface area contributed by atoms with E-state index in [-0.39, 0.29) is 0 Å². The molecule has 90 valence electrons. The zero-order valence-electron chi connectivity index (χ0n) is 10.4. The molecule has 1 N–H and O–H groups in total. The molecule has 3 rings (SSSR count). The van der Waals surface area contributed by atoms with Crippen LogP contribution in [0.1, 0.15) is 28.4 Å². The van der Waals surface area contributed by atoms with E-state index >= 15 is 0 Å². The quantitative estimate of drug-likeness (QED) is 0.801. The number of aliphatic hydroxyl groups excluding tert-OH is 1. The van der Waals surface area contributed by atoms with Gasteiger partial charge in [-0.3, -0.25) is 0 Å². The van der Waals surface area contributed by atoms with Gasteiger partial charge < -0.3 is 5.11 Å². The Kier molecular flexibility index (Phi) is 2.77. The van der Waals surface area contributed by atoms with E-state index in [9.17, 15) is 5.11 Å². The highest BCUT2D eigenvalue weighted by Crippen LogP contribution is 2.36. The minimum Gasteiger partial charge on any atom is -0.384 e. The van der Waals surface area contributed by atoms with Gasteiger partial charge in [0.05, 0.1) is 0 Å². The third-order valence-electron chi connectivity index (χ3n) is 3.62. The standard InChI is InChI=1S/C17H16O/c1-12-6-2-3-7-13(12)10-15-11-14-8-4-5-9-16(14)17(15)18/h2-10,17-18H,11H2,1H3/b15-10+. The fraction of sp³-hybridized carbons (Fsp3) is 0.176. The summed E-state index contributed by atoms with van der Waals surface area (Å²) in [6, 6.07) is 16.4. The van der Waals surface area contributed by atoms with Crippen LogP contribution in [0.25, 0.3) is 6.08 Å². The molecule has 1 aliphatic rings. The topological polar surface area (TPSA) is 20.2 Å². The number of aryl methyl sites for hydroxylation is 1. The van der Waals surface area contributed by atoms with E-state index < -0.39 is 6.10 Å². The predicted molar refractivity (Wildman–Crippen MR) is 74.3 cm³/mol. The predicted octanol–water partition coefficient (Wildman–Crippen LogP) is 3.67. The van der Waals surface area contributed by atoms with Crippen LogP contribution in [0.15, 0.2) is 54.1 Å². The van der Waals surface area contributed by atoms with Gasteiger partial charge in [0.25, 0.3) is 0 Å². The first-order chi connectivity index (χ1) is 8.75. The lowest BCUT2D eigenvalue weighted by atomic mass is 10.0. The highest BCUT2D eigenvalue weighted by atomic mass is 16.3. The molecule has 1 heteroatoms. The number of rotatable bonds is 1. The molecule has 0 radical (unpaired) electrons. The van der Waals surface area contributed by atoms with Crippen LogP contribution >= 0.6 is 0 Å². The Labute approximate surface area is 107 Å². The molecule has 0 aromatic heterocycles. The zero-order chi connectivity index (χ0) is 12.5. The Morgan fingerprint density at radius 3 is 2.56 bits per heavy atom. The van der Waals surface area contributed by atoms with Crippen LogP contribution in [0, 0.1) is 6.92 Å². The van der Waals surface area contributed by atoms with Crippen molar-refractivity contribution in [1.29, 1.82) is 0 Å². The Hall–Kier alpha value is -1.86. The summed E-state index contributed by atoms with van der Waals surface area (Å²) in [5.41, 5.74) is 5.82. The number of aliphatic hydroxyl groups is 1. The number of hydrogen-bond donors (Lipinski definition) is 1. The molecule has 0 saturated carbocycles. The van der Waals surface area contributed by atoms with E-state index in [0.29, 0.717) is 0 Å². The van der Waals surface area contributed by atoms with E-state index in [1.54, 1.807) is 0 Å². The average molecular weight is 236 g/mol. The zero-order valence-corrected chi connectivity index (χ0v) is 10.4. The van der Waals surface area contributed by atoms with Crippen LogP contribution in [0.2, 0.25) is 0 Å². The normalized spacial score (nSPS) is 20.1. The lowest BCUT2D eigenvalue weighted by Crippen LogP contribution is -1.94. The van der Waals surface area contributed by atoms with Crippen LogP contribution in [0.5, 0.6) is 0 Å². The van der Waals surface area contributed by atoms with Crippen LogP contribution in [0.3, 0.4) is 0 Å². The van der Waals surface area contributed by atoms with Gasteiger partial charge in [-0.1, -0.05) is 54.6 Å². The van der Waals surface area contributed by atoms with Gasteiger partial charge in [0.15, 0.2) is 0 Å². The number of benzene rings is 2. The maximum absolute atomic E-state index is 10.3. The Balaban J connectivity index is 2.00. The Morgan fingerprint density at radius 2 is 1.78 bits per heavy atom. The van der Waals surface area contributed by atoms with Gasteiger partial charge in [-0.05, 0) is 41.2 Å². The number of hydrogen-bond acceptors (Lipinski definition) is 1. The molecule has 0 heterocycles. The highest BCUT2D eigenvalue weighted by molar-refractivity contribution is 5.61. The molecular weight excluding hydrogens is 220 g/mol. The number of fused-ring (bicyclic) bond motifs is 1. The summed E-state index contributed by atoms with van der Waals surface area (Å²) in [6.07, 6.45) is 2.53. The van der Waals surface area contributed by atoms with Crippen molar-refractivity contribution in [2.24, 2.45) is 0 Å². The van der Waals surface area contributed by atoms with Crippen molar-refractivity contribution in [2.75, 3.05) is 0 Å². The highest BCUT2D eigenvalue weighted by Gasteiger charge is 2.24. The second-order valence-electron chi connectivity index (χ2n) is 4.85. The van der Waals surface area contributed by atoms with Crippen molar-refractivity contribution in [1.82, 2.24) is 0 Å². The minimum absolute atomic E-state index is 0.444. The molecule has 2 aromatic rings. The smallest absolute Gasteiger partial charge is 0.101 e. The molecule has 18 heavy (non-hydrogen) atoms. The first-order valence-corrected chi connectivity index (χ1v) is 6.27. The molecule has 2 aromatic carbocycles. The Morgan fingerprint density at radius 1 is 1.06 bits per heavy atom. The van der Waals surface area contributed by atoms with Gasteiger partial charge in [-0.15, -0.1) is 0 Å². The third-order valence-corrected chi connectivity index (χ3v) is 3.62. The summed E-state index contributed by atoms with van der Waals surface area (Å²) in [7, 11) is 0.